The van der Waals surface area contributed by atoms with Crippen molar-refractivity contribution in [1.29, 1.82) is 0 Å². The van der Waals surface area contributed by atoms with E-state index in [2.05, 4.69) is 15.6 Å². The number of nitrogens with zero attached hydrogens (tertiary/aromatic N) is 3. The van der Waals surface area contributed by atoms with Gasteiger partial charge in [-0.1, -0.05) is 0 Å². The van der Waals surface area contributed by atoms with Gasteiger partial charge in [-0.3, -0.25) is 4.79 Å². The van der Waals surface area contributed by atoms with Gasteiger partial charge in [-0.05, 0) is 62.4 Å². The molecule has 2 aromatic carbocycles. The van der Waals surface area contributed by atoms with E-state index >= 15 is 0 Å². The van der Waals surface area contributed by atoms with Crippen molar-refractivity contribution >= 4 is 12.1 Å². The molecule has 0 aliphatic rings. The zero-order valence-corrected chi connectivity index (χ0v) is 15.2. The van der Waals surface area contributed by atoms with E-state index in [1.807, 2.05) is 13.8 Å². The Kier molecular flexibility index (Phi) is 5.30. The number of ether oxygens (including phenoxy) is 1. The molecule has 1 aromatic heterocycles. The quantitative estimate of drug-likeness (QED) is 0.556. The Morgan fingerprint density at radius 1 is 1.15 bits per heavy atom. The predicted octanol–water partition coefficient (Wildman–Crippen LogP) is 3.40. The first-order valence-electron chi connectivity index (χ1n) is 8.29. The van der Waals surface area contributed by atoms with Crippen LogP contribution in [0.2, 0.25) is 0 Å². The monoisotopic (exact) mass is 366 g/mol. The summed E-state index contributed by atoms with van der Waals surface area (Å²) in [7, 11) is 1.57. The number of methoxy groups -OCH3 is 1. The van der Waals surface area contributed by atoms with Crippen LogP contribution in [0.3, 0.4) is 0 Å². The van der Waals surface area contributed by atoms with E-state index in [0.29, 0.717) is 11.3 Å². The molecular weight excluding hydrogens is 347 g/mol. The van der Waals surface area contributed by atoms with Crippen LogP contribution in [0.4, 0.5) is 4.39 Å². The van der Waals surface area contributed by atoms with Crippen LogP contribution < -0.4 is 10.2 Å². The molecule has 0 aliphatic carbocycles. The van der Waals surface area contributed by atoms with Gasteiger partial charge in [-0.25, -0.2) is 14.5 Å². The number of nitrogens with one attached hydrogen (secondary N) is 1. The molecule has 7 heteroatoms. The van der Waals surface area contributed by atoms with Gasteiger partial charge in [-0.15, -0.1) is 0 Å². The van der Waals surface area contributed by atoms with Gasteiger partial charge in [0.15, 0.2) is 0 Å². The highest BCUT2D eigenvalue weighted by Crippen LogP contribution is 2.17. The van der Waals surface area contributed by atoms with Crippen LogP contribution in [0, 0.1) is 19.7 Å². The molecule has 1 heterocycles. The highest BCUT2D eigenvalue weighted by atomic mass is 19.1. The number of hydrogen-bond donors (Lipinski definition) is 1. The number of halogens is 1. The average Bonchev–Trinajstić information content (AvgIpc) is 2.96. The van der Waals surface area contributed by atoms with Crippen molar-refractivity contribution in [3.05, 3.63) is 76.9 Å². The van der Waals surface area contributed by atoms with Gasteiger partial charge in [0.05, 0.1) is 30.4 Å². The number of hydrogen-bond acceptors (Lipinski definition) is 4. The van der Waals surface area contributed by atoms with E-state index in [9.17, 15) is 9.18 Å². The van der Waals surface area contributed by atoms with Gasteiger partial charge >= 0.3 is 0 Å². The second kappa shape index (κ2) is 7.82. The van der Waals surface area contributed by atoms with Crippen molar-refractivity contribution in [2.24, 2.45) is 5.10 Å². The Bertz CT molecular complexity index is 976. The van der Waals surface area contributed by atoms with Crippen molar-refractivity contribution in [3.8, 4) is 11.4 Å². The Morgan fingerprint density at radius 2 is 1.81 bits per heavy atom. The van der Waals surface area contributed by atoms with Crippen molar-refractivity contribution < 1.29 is 13.9 Å². The molecule has 0 saturated carbocycles. The molecule has 0 atom stereocenters. The zero-order valence-electron chi connectivity index (χ0n) is 15.2. The molecule has 3 rings (SSSR count). The van der Waals surface area contributed by atoms with Gasteiger partial charge in [0.2, 0.25) is 0 Å². The van der Waals surface area contributed by atoms with Crippen LogP contribution in [0.15, 0.2) is 53.6 Å². The SMILES string of the molecule is COc1ccc(C(=O)N/N=C\c2c(C)nn(-c3ccc(F)cc3)c2C)cc1. The van der Waals surface area contributed by atoms with Gasteiger partial charge in [0, 0.05) is 11.1 Å². The van der Waals surface area contributed by atoms with E-state index in [-0.39, 0.29) is 11.7 Å². The molecule has 1 amide bonds. The highest BCUT2D eigenvalue weighted by Gasteiger charge is 2.11. The van der Waals surface area contributed by atoms with Crippen LogP contribution in [-0.2, 0) is 0 Å². The van der Waals surface area contributed by atoms with E-state index in [1.54, 1.807) is 54.4 Å². The third-order valence-electron chi connectivity index (χ3n) is 4.13. The van der Waals surface area contributed by atoms with Crippen molar-refractivity contribution in [2.45, 2.75) is 13.8 Å². The standard InChI is InChI=1S/C20H19FN4O2/c1-13-19(14(2)25(24-13)17-8-6-16(21)7-9-17)12-22-23-20(26)15-4-10-18(27-3)11-5-15/h4-12H,1-3H3,(H,23,26)/b22-12-. The number of hydrazone groups is 1. The largest absolute Gasteiger partial charge is 0.497 e. The van der Waals surface area contributed by atoms with E-state index in [1.165, 1.54) is 12.1 Å². The molecule has 0 aliphatic heterocycles. The second-order valence-electron chi connectivity index (χ2n) is 5.90. The Hall–Kier alpha value is -3.48. The van der Waals surface area contributed by atoms with E-state index in [0.717, 1.165) is 22.6 Å². The van der Waals surface area contributed by atoms with Crippen LogP contribution in [-0.4, -0.2) is 29.0 Å². The normalized spacial score (nSPS) is 11.0. The van der Waals surface area contributed by atoms with Gasteiger partial charge < -0.3 is 4.74 Å². The third kappa shape index (κ3) is 4.03. The summed E-state index contributed by atoms with van der Waals surface area (Å²) < 4.78 is 19.9. The number of aromatic nitrogens is 2. The van der Waals surface area contributed by atoms with Gasteiger partial charge in [-0.2, -0.15) is 10.2 Å². The molecule has 0 radical (unpaired) electrons. The number of carbonyl (C=O) groups excluding carboxylic acids is 1. The molecule has 138 valence electrons. The maximum atomic E-state index is 13.1. The Labute approximate surface area is 156 Å². The summed E-state index contributed by atoms with van der Waals surface area (Å²) in [5.41, 5.74) is 6.09. The minimum atomic E-state index is -0.324. The summed E-state index contributed by atoms with van der Waals surface area (Å²) in [5, 5.41) is 8.50. The van der Waals surface area contributed by atoms with Crippen LogP contribution in [0.25, 0.3) is 5.69 Å². The lowest BCUT2D eigenvalue weighted by Crippen LogP contribution is -2.17. The average molecular weight is 366 g/mol. The molecule has 0 saturated heterocycles. The third-order valence-corrected chi connectivity index (χ3v) is 4.13. The fraction of sp³-hybridized carbons (Fsp3) is 0.150. The molecule has 27 heavy (non-hydrogen) atoms. The summed E-state index contributed by atoms with van der Waals surface area (Å²) >= 11 is 0. The Balaban J connectivity index is 1.75. The maximum Gasteiger partial charge on any atom is 0.271 e. The summed E-state index contributed by atoms with van der Waals surface area (Å²) in [4.78, 5) is 12.1. The summed E-state index contributed by atoms with van der Waals surface area (Å²) in [6.45, 7) is 3.73. The molecule has 0 spiro atoms. The number of carbonyl (C=O) groups is 1. The minimum Gasteiger partial charge on any atom is -0.497 e. The molecule has 1 N–H and O–H groups in total. The van der Waals surface area contributed by atoms with Crippen molar-refractivity contribution in [3.63, 3.8) is 0 Å². The number of rotatable bonds is 5. The first-order chi connectivity index (χ1) is 13.0. The first-order valence-corrected chi connectivity index (χ1v) is 8.29. The number of aryl methyl sites for hydroxylation is 1. The first kappa shape index (κ1) is 18.3. The summed E-state index contributed by atoms with van der Waals surface area (Å²) in [6.07, 6.45) is 1.55. The lowest BCUT2D eigenvalue weighted by Gasteiger charge is -2.04. The molecule has 3 aromatic rings. The van der Waals surface area contributed by atoms with Crippen LogP contribution in [0.1, 0.15) is 27.3 Å². The van der Waals surface area contributed by atoms with Gasteiger partial charge in [0.1, 0.15) is 11.6 Å². The van der Waals surface area contributed by atoms with Crippen LogP contribution >= 0.6 is 0 Å². The lowest BCUT2D eigenvalue weighted by atomic mass is 10.2. The van der Waals surface area contributed by atoms with E-state index < -0.39 is 0 Å². The minimum absolute atomic E-state index is 0.302. The Morgan fingerprint density at radius 3 is 2.44 bits per heavy atom. The van der Waals surface area contributed by atoms with Crippen molar-refractivity contribution in [1.82, 2.24) is 15.2 Å². The van der Waals surface area contributed by atoms with E-state index in [4.69, 9.17) is 4.74 Å². The molecule has 0 unspecified atom stereocenters. The number of benzene rings is 2. The fourth-order valence-electron chi connectivity index (χ4n) is 2.64. The molecule has 0 bridgehead atoms. The summed E-state index contributed by atoms with van der Waals surface area (Å²) in [5.74, 6) is 0.0490. The fourth-order valence-corrected chi connectivity index (χ4v) is 2.64. The second-order valence-corrected chi connectivity index (χ2v) is 5.90. The van der Waals surface area contributed by atoms with Gasteiger partial charge in [0.25, 0.3) is 5.91 Å². The van der Waals surface area contributed by atoms with Crippen molar-refractivity contribution in [2.75, 3.05) is 7.11 Å². The van der Waals surface area contributed by atoms with Crippen LogP contribution in [0.5, 0.6) is 5.75 Å². The molecule has 0 fully saturated rings. The zero-order chi connectivity index (χ0) is 19.4. The molecular formula is C20H19FN4O2. The lowest BCUT2D eigenvalue weighted by molar-refractivity contribution is 0.0955. The predicted molar refractivity (Wildman–Crippen MR) is 101 cm³/mol. The smallest absolute Gasteiger partial charge is 0.271 e. The summed E-state index contributed by atoms with van der Waals surface area (Å²) in [6, 6.07) is 12.8. The maximum absolute atomic E-state index is 13.1. The number of amides is 1. The topological polar surface area (TPSA) is 68.5 Å². The highest BCUT2D eigenvalue weighted by molar-refractivity contribution is 5.95. The molecule has 6 nitrogen and oxygen atoms in total.